The maximum absolute atomic E-state index is 11.8. The Kier molecular flexibility index (Phi) is 7.05. The lowest BCUT2D eigenvalue weighted by atomic mass is 10.1. The third-order valence-corrected chi connectivity index (χ3v) is 4.17. The quantitative estimate of drug-likeness (QED) is 0.571. The van der Waals surface area contributed by atoms with E-state index >= 15 is 0 Å². The predicted octanol–water partition coefficient (Wildman–Crippen LogP) is 2.41. The molecule has 154 valence electrons. The van der Waals surface area contributed by atoms with Crippen molar-refractivity contribution in [2.45, 2.75) is 26.2 Å². The molecule has 3 aromatic rings. The first-order chi connectivity index (χ1) is 14.5. The highest BCUT2D eigenvalue weighted by Gasteiger charge is 2.14. The molecule has 1 heterocycles. The third kappa shape index (κ3) is 6.37. The molecule has 0 aliphatic heterocycles. The number of hydrogen-bond donors (Lipinski definition) is 1. The summed E-state index contributed by atoms with van der Waals surface area (Å²) >= 11 is 0. The molecule has 0 saturated heterocycles. The van der Waals surface area contributed by atoms with Crippen molar-refractivity contribution in [3.63, 3.8) is 0 Å². The van der Waals surface area contributed by atoms with Gasteiger partial charge in [-0.1, -0.05) is 65.3 Å². The maximum Gasteiger partial charge on any atom is 0.306 e. The van der Waals surface area contributed by atoms with E-state index in [1.165, 1.54) is 0 Å². The van der Waals surface area contributed by atoms with Gasteiger partial charge in [-0.15, -0.1) is 0 Å². The van der Waals surface area contributed by atoms with Crippen LogP contribution in [0.15, 0.2) is 59.1 Å². The molecule has 0 saturated carbocycles. The average molecular weight is 407 g/mol. The van der Waals surface area contributed by atoms with Crippen molar-refractivity contribution in [3.8, 4) is 11.4 Å². The Balaban J connectivity index is 1.38. The van der Waals surface area contributed by atoms with Crippen LogP contribution in [-0.4, -0.2) is 34.5 Å². The number of carbonyl (C=O) groups excluding carboxylic acids is 3. The Bertz CT molecular complexity index is 1010. The zero-order valence-corrected chi connectivity index (χ0v) is 16.5. The average Bonchev–Trinajstić information content (AvgIpc) is 3.21. The van der Waals surface area contributed by atoms with E-state index in [0.717, 1.165) is 16.7 Å². The minimum atomic E-state index is -0.677. The van der Waals surface area contributed by atoms with Crippen molar-refractivity contribution >= 4 is 17.8 Å². The van der Waals surface area contributed by atoms with E-state index in [9.17, 15) is 14.4 Å². The minimum absolute atomic E-state index is 0.0270. The predicted molar refractivity (Wildman–Crippen MR) is 107 cm³/mol. The molecule has 0 bridgehead atoms. The highest BCUT2D eigenvalue weighted by atomic mass is 16.5. The molecule has 0 radical (unpaired) electrons. The summed E-state index contributed by atoms with van der Waals surface area (Å²) in [7, 11) is 0. The molecule has 8 heteroatoms. The Hall–Kier alpha value is -3.81. The van der Waals surface area contributed by atoms with Gasteiger partial charge in [0.1, 0.15) is 0 Å². The van der Waals surface area contributed by atoms with Gasteiger partial charge in [-0.25, -0.2) is 0 Å². The zero-order chi connectivity index (χ0) is 21.3. The van der Waals surface area contributed by atoms with Gasteiger partial charge >= 0.3 is 5.97 Å². The van der Waals surface area contributed by atoms with Gasteiger partial charge in [-0.05, 0) is 12.5 Å². The van der Waals surface area contributed by atoms with Gasteiger partial charge in [-0.3, -0.25) is 19.7 Å². The number of hydrogen-bond acceptors (Lipinski definition) is 7. The van der Waals surface area contributed by atoms with Crippen molar-refractivity contribution in [1.82, 2.24) is 15.5 Å². The fourth-order valence-electron chi connectivity index (χ4n) is 2.62. The Morgan fingerprint density at radius 1 is 1.00 bits per heavy atom. The van der Waals surface area contributed by atoms with Crippen LogP contribution in [0.25, 0.3) is 11.4 Å². The summed E-state index contributed by atoms with van der Waals surface area (Å²) in [4.78, 5) is 39.7. The molecule has 1 aromatic heterocycles. The summed E-state index contributed by atoms with van der Waals surface area (Å²) in [5.41, 5.74) is 2.72. The number of amides is 2. The second-order valence-electron chi connectivity index (χ2n) is 6.67. The summed E-state index contributed by atoms with van der Waals surface area (Å²) in [6.07, 6.45) is 0.230. The molecule has 0 atom stereocenters. The van der Waals surface area contributed by atoms with Crippen molar-refractivity contribution in [2.24, 2.45) is 0 Å². The number of rotatable bonds is 8. The fourth-order valence-corrected chi connectivity index (χ4v) is 2.62. The van der Waals surface area contributed by atoms with E-state index in [0.29, 0.717) is 11.7 Å². The molecule has 1 N–H and O–H groups in total. The van der Waals surface area contributed by atoms with E-state index in [2.05, 4.69) is 15.5 Å². The van der Waals surface area contributed by atoms with Crippen LogP contribution < -0.4 is 5.32 Å². The molecule has 30 heavy (non-hydrogen) atoms. The molecular weight excluding hydrogens is 386 g/mol. The SMILES string of the molecule is Cc1ccc(-c2noc(CCC(=O)OCC(=O)NC(=O)Cc3ccccc3)n2)cc1. The summed E-state index contributed by atoms with van der Waals surface area (Å²) in [5.74, 6) is -1.00. The number of carbonyl (C=O) groups is 3. The molecule has 0 spiro atoms. The lowest BCUT2D eigenvalue weighted by Crippen LogP contribution is -2.35. The molecule has 0 aliphatic rings. The van der Waals surface area contributed by atoms with Crippen molar-refractivity contribution in [3.05, 3.63) is 71.6 Å². The van der Waals surface area contributed by atoms with Gasteiger partial charge in [0.15, 0.2) is 6.61 Å². The van der Waals surface area contributed by atoms with Gasteiger partial charge < -0.3 is 9.26 Å². The van der Waals surface area contributed by atoms with Crippen molar-refractivity contribution in [1.29, 1.82) is 0 Å². The van der Waals surface area contributed by atoms with Crippen LogP contribution in [0, 0.1) is 6.92 Å². The van der Waals surface area contributed by atoms with Crippen molar-refractivity contribution in [2.75, 3.05) is 6.61 Å². The molecule has 2 amide bonds. The summed E-state index contributed by atoms with van der Waals surface area (Å²) in [5, 5.41) is 6.08. The number of nitrogens with zero attached hydrogens (tertiary/aromatic N) is 2. The smallest absolute Gasteiger partial charge is 0.306 e. The van der Waals surface area contributed by atoms with Crippen LogP contribution in [0.5, 0.6) is 0 Å². The van der Waals surface area contributed by atoms with Crippen LogP contribution in [0.4, 0.5) is 0 Å². The van der Waals surface area contributed by atoms with Crippen LogP contribution in [-0.2, 0) is 32.0 Å². The van der Waals surface area contributed by atoms with Crippen LogP contribution in [0.2, 0.25) is 0 Å². The first-order valence-corrected chi connectivity index (χ1v) is 9.41. The Morgan fingerprint density at radius 3 is 2.47 bits per heavy atom. The molecule has 0 unspecified atom stereocenters. The molecule has 2 aromatic carbocycles. The number of nitrogens with one attached hydrogen (secondary N) is 1. The standard InChI is InChI=1S/C22H21N3O5/c1-15-7-9-17(10-8-15)22-24-20(30-25-22)11-12-21(28)29-14-19(27)23-18(26)13-16-5-3-2-4-6-16/h2-10H,11-14H2,1H3,(H,23,26,27). The van der Waals surface area contributed by atoms with E-state index in [1.807, 2.05) is 37.3 Å². The fraction of sp³-hybridized carbons (Fsp3) is 0.227. The summed E-state index contributed by atoms with van der Waals surface area (Å²) < 4.78 is 10.0. The maximum atomic E-state index is 11.8. The topological polar surface area (TPSA) is 111 Å². The number of aromatic nitrogens is 2. The van der Waals surface area contributed by atoms with Crippen LogP contribution >= 0.6 is 0 Å². The van der Waals surface area contributed by atoms with Gasteiger partial charge in [0, 0.05) is 12.0 Å². The number of ether oxygens (including phenoxy) is 1. The molecule has 8 nitrogen and oxygen atoms in total. The minimum Gasteiger partial charge on any atom is -0.456 e. The number of esters is 1. The lowest BCUT2D eigenvalue weighted by molar-refractivity contribution is -0.149. The van der Waals surface area contributed by atoms with Gasteiger partial charge in [0.05, 0.1) is 12.8 Å². The highest BCUT2D eigenvalue weighted by molar-refractivity contribution is 5.97. The van der Waals surface area contributed by atoms with E-state index in [4.69, 9.17) is 9.26 Å². The molecule has 3 rings (SSSR count). The number of imide groups is 1. The van der Waals surface area contributed by atoms with Gasteiger partial charge in [-0.2, -0.15) is 4.98 Å². The number of aryl methyl sites for hydroxylation is 2. The lowest BCUT2D eigenvalue weighted by Gasteiger charge is -2.05. The van der Waals surface area contributed by atoms with Crippen LogP contribution in [0.1, 0.15) is 23.4 Å². The highest BCUT2D eigenvalue weighted by Crippen LogP contribution is 2.16. The second-order valence-corrected chi connectivity index (χ2v) is 6.67. The normalized spacial score (nSPS) is 10.4. The number of benzene rings is 2. The zero-order valence-electron chi connectivity index (χ0n) is 16.5. The second kappa shape index (κ2) is 10.1. The first-order valence-electron chi connectivity index (χ1n) is 9.41. The Morgan fingerprint density at radius 2 is 1.73 bits per heavy atom. The monoisotopic (exact) mass is 407 g/mol. The van der Waals surface area contributed by atoms with Gasteiger partial charge in [0.25, 0.3) is 5.91 Å². The van der Waals surface area contributed by atoms with Crippen LogP contribution in [0.3, 0.4) is 0 Å². The van der Waals surface area contributed by atoms with E-state index < -0.39 is 24.4 Å². The van der Waals surface area contributed by atoms with E-state index in [-0.39, 0.29) is 19.3 Å². The first kappa shape index (κ1) is 20.9. The largest absolute Gasteiger partial charge is 0.456 e. The summed E-state index contributed by atoms with van der Waals surface area (Å²) in [6.45, 7) is 1.45. The molecular formula is C22H21N3O5. The Labute approximate surface area is 173 Å². The van der Waals surface area contributed by atoms with Gasteiger partial charge in [0.2, 0.25) is 17.6 Å². The van der Waals surface area contributed by atoms with E-state index in [1.54, 1.807) is 24.3 Å². The van der Waals surface area contributed by atoms with Crippen molar-refractivity contribution < 1.29 is 23.6 Å². The molecule has 0 aliphatic carbocycles. The third-order valence-electron chi connectivity index (χ3n) is 4.17. The summed E-state index contributed by atoms with van der Waals surface area (Å²) in [6, 6.07) is 16.7. The molecule has 0 fully saturated rings.